The second kappa shape index (κ2) is 6.86. The third kappa shape index (κ3) is 3.50. The van der Waals surface area contributed by atoms with Gasteiger partial charge in [0.25, 0.3) is 0 Å². The second-order valence-corrected chi connectivity index (χ2v) is 6.54. The van der Waals surface area contributed by atoms with Crippen LogP contribution in [0.15, 0.2) is 54.6 Å². The van der Waals surface area contributed by atoms with E-state index in [0.29, 0.717) is 5.02 Å². The molecular formula is C18H14ClF3N2O3. The Hall–Kier alpha value is -2.58. The zero-order valence-corrected chi connectivity index (χ0v) is 14.4. The Morgan fingerprint density at radius 3 is 2.22 bits per heavy atom. The predicted molar refractivity (Wildman–Crippen MR) is 91.1 cm³/mol. The van der Waals surface area contributed by atoms with Gasteiger partial charge in [-0.3, -0.25) is 4.79 Å². The third-order valence-electron chi connectivity index (χ3n) is 4.38. The lowest BCUT2D eigenvalue weighted by atomic mass is 9.77. The predicted octanol–water partition coefficient (Wildman–Crippen LogP) is 3.44. The van der Waals surface area contributed by atoms with Gasteiger partial charge in [-0.25, -0.2) is 4.79 Å². The molecule has 5 nitrogen and oxygen atoms in total. The Balaban J connectivity index is 2.15. The number of nitrogens with one attached hydrogen (secondary N) is 2. The highest BCUT2D eigenvalue weighted by Gasteiger charge is 2.66. The summed E-state index contributed by atoms with van der Waals surface area (Å²) in [5.74, 6) is -3.03. The molecule has 1 aliphatic heterocycles. The van der Waals surface area contributed by atoms with Crippen molar-refractivity contribution in [3.63, 3.8) is 0 Å². The van der Waals surface area contributed by atoms with Crippen LogP contribution in [0.4, 0.5) is 18.0 Å². The molecule has 1 saturated heterocycles. The number of urea groups is 1. The molecule has 0 saturated carbocycles. The Morgan fingerprint density at radius 1 is 1.07 bits per heavy atom. The molecule has 3 N–H and O–H groups in total. The molecule has 2 aromatic rings. The van der Waals surface area contributed by atoms with E-state index in [9.17, 15) is 27.9 Å². The van der Waals surface area contributed by atoms with Gasteiger partial charge in [0.05, 0.1) is 6.04 Å². The van der Waals surface area contributed by atoms with Gasteiger partial charge in [-0.2, -0.15) is 13.2 Å². The van der Waals surface area contributed by atoms with E-state index in [4.69, 9.17) is 11.6 Å². The molecule has 0 spiro atoms. The van der Waals surface area contributed by atoms with Gasteiger partial charge in [0.2, 0.25) is 5.72 Å². The van der Waals surface area contributed by atoms with E-state index >= 15 is 0 Å². The van der Waals surface area contributed by atoms with Gasteiger partial charge in [-0.05, 0) is 17.7 Å². The fourth-order valence-electron chi connectivity index (χ4n) is 3.07. The van der Waals surface area contributed by atoms with Gasteiger partial charge in [0.1, 0.15) is 5.92 Å². The maximum Gasteiger partial charge on any atom is 0.437 e. The number of rotatable bonds is 3. The number of Topliss-reactive ketones (excluding diaryl/α,β-unsaturated/α-hetero) is 1. The van der Waals surface area contributed by atoms with Gasteiger partial charge in [-0.1, -0.05) is 54.1 Å². The molecule has 0 aliphatic carbocycles. The van der Waals surface area contributed by atoms with E-state index in [-0.39, 0.29) is 11.1 Å². The summed E-state index contributed by atoms with van der Waals surface area (Å²) in [6, 6.07) is 10.2. The van der Waals surface area contributed by atoms with Crippen LogP contribution < -0.4 is 10.6 Å². The lowest BCUT2D eigenvalue weighted by Gasteiger charge is -2.45. The fraction of sp³-hybridized carbons (Fsp3) is 0.222. The molecule has 0 aromatic heterocycles. The minimum absolute atomic E-state index is 0.0258. The van der Waals surface area contributed by atoms with Crippen LogP contribution in [0, 0.1) is 5.92 Å². The Kier molecular flexibility index (Phi) is 4.88. The first kappa shape index (κ1) is 19.2. The normalized spacial score (nSPS) is 25.4. The van der Waals surface area contributed by atoms with Crippen LogP contribution in [0.5, 0.6) is 0 Å². The van der Waals surface area contributed by atoms with Gasteiger partial charge in [0, 0.05) is 10.6 Å². The number of alkyl halides is 3. The van der Waals surface area contributed by atoms with Crippen LogP contribution in [-0.2, 0) is 0 Å². The minimum Gasteiger partial charge on any atom is -0.363 e. The molecule has 1 aliphatic rings. The fourth-order valence-corrected chi connectivity index (χ4v) is 3.19. The lowest BCUT2D eigenvalue weighted by molar-refractivity contribution is -0.287. The van der Waals surface area contributed by atoms with Crippen LogP contribution in [-0.4, -0.2) is 28.8 Å². The van der Waals surface area contributed by atoms with E-state index < -0.39 is 35.7 Å². The molecule has 0 radical (unpaired) electrons. The Labute approximate surface area is 157 Å². The average Bonchev–Trinajstić information content (AvgIpc) is 2.61. The number of ketones is 1. The summed E-state index contributed by atoms with van der Waals surface area (Å²) in [4.78, 5) is 24.8. The van der Waals surface area contributed by atoms with E-state index in [0.717, 1.165) is 0 Å². The van der Waals surface area contributed by atoms with Crippen molar-refractivity contribution in [3.05, 3.63) is 70.7 Å². The molecule has 27 heavy (non-hydrogen) atoms. The zero-order valence-electron chi connectivity index (χ0n) is 13.6. The number of aliphatic hydroxyl groups is 1. The molecule has 0 bridgehead atoms. The molecule has 0 unspecified atom stereocenters. The van der Waals surface area contributed by atoms with Crippen LogP contribution in [0.25, 0.3) is 0 Å². The third-order valence-corrected chi connectivity index (χ3v) is 4.63. The van der Waals surface area contributed by atoms with E-state index in [2.05, 4.69) is 5.32 Å². The Morgan fingerprint density at radius 2 is 1.67 bits per heavy atom. The van der Waals surface area contributed by atoms with Crippen molar-refractivity contribution in [1.29, 1.82) is 0 Å². The summed E-state index contributed by atoms with van der Waals surface area (Å²) in [7, 11) is 0. The van der Waals surface area contributed by atoms with Crippen molar-refractivity contribution in [3.8, 4) is 0 Å². The van der Waals surface area contributed by atoms with Crippen LogP contribution in [0.3, 0.4) is 0 Å². The lowest BCUT2D eigenvalue weighted by Crippen LogP contribution is -2.72. The molecule has 2 amide bonds. The second-order valence-electron chi connectivity index (χ2n) is 6.10. The minimum atomic E-state index is -5.29. The van der Waals surface area contributed by atoms with Crippen molar-refractivity contribution in [2.24, 2.45) is 5.92 Å². The van der Waals surface area contributed by atoms with Gasteiger partial charge in [0.15, 0.2) is 5.78 Å². The van der Waals surface area contributed by atoms with Crippen LogP contribution in [0.1, 0.15) is 22.0 Å². The maximum absolute atomic E-state index is 13.7. The highest BCUT2D eigenvalue weighted by atomic mass is 35.5. The van der Waals surface area contributed by atoms with E-state index in [1.54, 1.807) is 6.07 Å². The standard InChI is InChI=1S/C18H14ClF3N2O3/c19-12-8-6-10(7-9-12)14-13(15(25)11-4-2-1-3-5-11)17(27,18(20,21)22)24-16(26)23-14/h1-9,13-14,27H,(H2,23,24,26)/t13-,14+,17-/m1/s1. The maximum atomic E-state index is 13.7. The molecule has 3 rings (SSSR count). The van der Waals surface area contributed by atoms with Crippen molar-refractivity contribution in [1.82, 2.24) is 10.6 Å². The molecule has 9 heteroatoms. The number of benzene rings is 2. The van der Waals surface area contributed by atoms with E-state index in [1.807, 2.05) is 0 Å². The van der Waals surface area contributed by atoms with Crippen LogP contribution >= 0.6 is 11.6 Å². The summed E-state index contributed by atoms with van der Waals surface area (Å²) < 4.78 is 41.1. The number of amides is 2. The van der Waals surface area contributed by atoms with Crippen LogP contribution in [0.2, 0.25) is 5.02 Å². The van der Waals surface area contributed by atoms with Crippen molar-refractivity contribution >= 4 is 23.4 Å². The number of carbonyl (C=O) groups excluding carboxylic acids is 2. The first-order valence-electron chi connectivity index (χ1n) is 7.86. The summed E-state index contributed by atoms with van der Waals surface area (Å²) >= 11 is 5.81. The molecule has 3 atom stereocenters. The zero-order chi connectivity index (χ0) is 19.8. The number of halogens is 4. The monoisotopic (exact) mass is 398 g/mol. The molecular weight excluding hydrogens is 385 g/mol. The Bertz CT molecular complexity index is 858. The van der Waals surface area contributed by atoms with Crippen molar-refractivity contribution in [2.45, 2.75) is 17.9 Å². The molecule has 2 aromatic carbocycles. The number of hydrogen-bond donors (Lipinski definition) is 3. The van der Waals surface area contributed by atoms with Gasteiger partial charge in [-0.15, -0.1) is 0 Å². The quantitative estimate of drug-likeness (QED) is 0.693. The molecule has 142 valence electrons. The number of carbonyl (C=O) groups is 2. The average molecular weight is 399 g/mol. The largest absolute Gasteiger partial charge is 0.437 e. The van der Waals surface area contributed by atoms with Crippen molar-refractivity contribution in [2.75, 3.05) is 0 Å². The first-order chi connectivity index (χ1) is 12.6. The topological polar surface area (TPSA) is 78.4 Å². The van der Waals surface area contributed by atoms with Gasteiger partial charge < -0.3 is 15.7 Å². The first-order valence-corrected chi connectivity index (χ1v) is 8.24. The smallest absolute Gasteiger partial charge is 0.363 e. The summed E-state index contributed by atoms with van der Waals surface area (Å²) in [5.41, 5.74) is -3.57. The van der Waals surface area contributed by atoms with Gasteiger partial charge >= 0.3 is 12.2 Å². The highest BCUT2D eigenvalue weighted by Crippen LogP contribution is 2.44. The number of hydrogen-bond acceptors (Lipinski definition) is 3. The molecule has 1 heterocycles. The summed E-state index contributed by atoms with van der Waals surface area (Å²) in [5, 5.41) is 14.5. The SMILES string of the molecule is O=C1N[C@@H](c2ccc(Cl)cc2)[C@H](C(=O)c2ccccc2)[C@@](O)(C(F)(F)F)N1. The summed E-state index contributed by atoms with van der Waals surface area (Å²) in [6.07, 6.45) is -5.29. The van der Waals surface area contributed by atoms with E-state index in [1.165, 1.54) is 53.8 Å². The highest BCUT2D eigenvalue weighted by molar-refractivity contribution is 6.30. The molecule has 1 fully saturated rings. The summed E-state index contributed by atoms with van der Waals surface area (Å²) in [6.45, 7) is 0. The van der Waals surface area contributed by atoms with Crippen molar-refractivity contribution < 1.29 is 27.9 Å².